The molecule has 0 aliphatic carbocycles. The predicted octanol–water partition coefficient (Wildman–Crippen LogP) is 1.18. The van der Waals surface area contributed by atoms with Gasteiger partial charge in [-0.05, 0) is 25.2 Å². The van der Waals surface area contributed by atoms with Crippen molar-refractivity contribution in [3.63, 3.8) is 0 Å². The molecule has 0 unspecified atom stereocenters. The van der Waals surface area contributed by atoms with Crippen molar-refractivity contribution in [2.45, 2.75) is 6.54 Å². The van der Waals surface area contributed by atoms with Crippen LogP contribution in [0, 0.1) is 0 Å². The fourth-order valence-electron chi connectivity index (χ4n) is 4.30. The molecule has 8 heteroatoms. The van der Waals surface area contributed by atoms with Gasteiger partial charge in [0.1, 0.15) is 11.4 Å². The second kappa shape index (κ2) is 9.16. The lowest BCUT2D eigenvalue weighted by Crippen LogP contribution is -2.45. The highest BCUT2D eigenvalue weighted by atomic mass is 16.5. The van der Waals surface area contributed by atoms with Crippen molar-refractivity contribution in [2.24, 2.45) is 0 Å². The third kappa shape index (κ3) is 4.08. The standard InChI is InChI=1S/C22H30N4O4/c1-23-5-7-24(8-6-23)9-10-26-20-4-3-17(29-2)15-18(20)19(16-27)21(26)22(28)25-11-13-30-14-12-25/h3-4,15-16H,5-14H2,1-2H3. The fraction of sp³-hybridized carbons (Fsp3) is 0.545. The Kier molecular flexibility index (Phi) is 6.36. The second-order valence-corrected chi connectivity index (χ2v) is 7.96. The van der Waals surface area contributed by atoms with Crippen LogP contribution in [0.2, 0.25) is 0 Å². The van der Waals surface area contributed by atoms with Crippen molar-refractivity contribution in [1.29, 1.82) is 0 Å². The number of aldehydes is 1. The minimum atomic E-state index is -0.103. The summed E-state index contributed by atoms with van der Waals surface area (Å²) in [5, 5.41) is 0.763. The molecule has 3 heterocycles. The lowest BCUT2D eigenvalue weighted by atomic mass is 10.1. The van der Waals surface area contributed by atoms with E-state index >= 15 is 0 Å². The number of methoxy groups -OCH3 is 1. The first-order chi connectivity index (χ1) is 14.6. The molecule has 8 nitrogen and oxygen atoms in total. The number of fused-ring (bicyclic) bond motifs is 1. The Morgan fingerprint density at radius 3 is 2.50 bits per heavy atom. The maximum Gasteiger partial charge on any atom is 0.271 e. The van der Waals surface area contributed by atoms with Gasteiger partial charge in [0.15, 0.2) is 6.29 Å². The molecule has 0 N–H and O–H groups in total. The molecular formula is C22H30N4O4. The largest absolute Gasteiger partial charge is 0.497 e. The number of aromatic nitrogens is 1. The number of benzene rings is 1. The molecule has 0 bridgehead atoms. The lowest BCUT2D eigenvalue weighted by Gasteiger charge is -2.32. The molecule has 162 valence electrons. The van der Waals surface area contributed by atoms with Crippen molar-refractivity contribution in [2.75, 3.05) is 73.2 Å². The van der Waals surface area contributed by atoms with Crippen LogP contribution in [0.4, 0.5) is 0 Å². The number of ether oxygens (including phenoxy) is 2. The van der Waals surface area contributed by atoms with E-state index < -0.39 is 0 Å². The van der Waals surface area contributed by atoms with Crippen molar-refractivity contribution in [1.82, 2.24) is 19.3 Å². The van der Waals surface area contributed by atoms with Gasteiger partial charge < -0.3 is 23.8 Å². The first-order valence-corrected chi connectivity index (χ1v) is 10.6. The number of hydrogen-bond acceptors (Lipinski definition) is 6. The van der Waals surface area contributed by atoms with Gasteiger partial charge in [-0.15, -0.1) is 0 Å². The Bertz CT molecular complexity index is 911. The first-order valence-electron chi connectivity index (χ1n) is 10.6. The number of carbonyl (C=O) groups excluding carboxylic acids is 2. The summed E-state index contributed by atoms with van der Waals surface area (Å²) in [6.45, 7) is 7.74. The Morgan fingerprint density at radius 2 is 1.83 bits per heavy atom. The van der Waals surface area contributed by atoms with Crippen LogP contribution in [-0.2, 0) is 11.3 Å². The number of piperazine rings is 1. The molecule has 1 aromatic heterocycles. The molecule has 2 aromatic rings. The van der Waals surface area contributed by atoms with Crippen LogP contribution >= 0.6 is 0 Å². The van der Waals surface area contributed by atoms with Crippen molar-refractivity contribution in [3.8, 4) is 5.75 Å². The van der Waals surface area contributed by atoms with Gasteiger partial charge in [-0.25, -0.2) is 0 Å². The maximum atomic E-state index is 13.5. The van der Waals surface area contributed by atoms with E-state index in [0.29, 0.717) is 49.9 Å². The normalized spacial score (nSPS) is 18.7. The van der Waals surface area contributed by atoms with E-state index in [9.17, 15) is 9.59 Å². The van der Waals surface area contributed by atoms with Crippen LogP contribution in [0.15, 0.2) is 18.2 Å². The SMILES string of the molecule is COc1ccc2c(c1)c(C=O)c(C(=O)N1CCOCC1)n2CCN1CCN(C)CC1. The minimum Gasteiger partial charge on any atom is -0.497 e. The number of hydrogen-bond donors (Lipinski definition) is 0. The van der Waals surface area contributed by atoms with Crippen LogP contribution in [-0.4, -0.2) is 105 Å². The Balaban J connectivity index is 1.71. The van der Waals surface area contributed by atoms with Crippen molar-refractivity contribution in [3.05, 3.63) is 29.5 Å². The summed E-state index contributed by atoms with van der Waals surface area (Å²) in [7, 11) is 3.74. The van der Waals surface area contributed by atoms with Crippen LogP contribution < -0.4 is 4.74 Å². The van der Waals surface area contributed by atoms with E-state index in [-0.39, 0.29) is 5.91 Å². The van der Waals surface area contributed by atoms with Gasteiger partial charge in [0.2, 0.25) is 0 Å². The highest BCUT2D eigenvalue weighted by Crippen LogP contribution is 2.30. The van der Waals surface area contributed by atoms with E-state index in [0.717, 1.165) is 49.9 Å². The molecule has 4 rings (SSSR count). The van der Waals surface area contributed by atoms with E-state index in [1.54, 1.807) is 12.0 Å². The van der Waals surface area contributed by atoms with E-state index in [4.69, 9.17) is 9.47 Å². The van der Waals surface area contributed by atoms with Crippen molar-refractivity contribution < 1.29 is 19.1 Å². The molecule has 0 atom stereocenters. The number of nitrogens with zero attached hydrogens (tertiary/aromatic N) is 4. The monoisotopic (exact) mass is 414 g/mol. The molecule has 30 heavy (non-hydrogen) atoms. The summed E-state index contributed by atoms with van der Waals surface area (Å²) in [6.07, 6.45) is 0.807. The molecule has 2 saturated heterocycles. The zero-order chi connectivity index (χ0) is 21.1. The molecule has 2 aliphatic rings. The average molecular weight is 415 g/mol. The quantitative estimate of drug-likeness (QED) is 0.662. The van der Waals surface area contributed by atoms with Gasteiger partial charge in [0, 0.05) is 63.3 Å². The van der Waals surface area contributed by atoms with Gasteiger partial charge in [0.05, 0.1) is 25.9 Å². The number of rotatable bonds is 6. The third-order valence-corrected chi connectivity index (χ3v) is 6.16. The highest BCUT2D eigenvalue weighted by molar-refractivity contribution is 6.10. The molecular weight excluding hydrogens is 384 g/mol. The van der Waals surface area contributed by atoms with E-state index in [1.165, 1.54) is 0 Å². The first kappa shape index (κ1) is 20.8. The van der Waals surface area contributed by atoms with Gasteiger partial charge >= 0.3 is 0 Å². The van der Waals surface area contributed by atoms with Gasteiger partial charge in [0.25, 0.3) is 5.91 Å². The molecule has 0 radical (unpaired) electrons. The molecule has 0 saturated carbocycles. The zero-order valence-corrected chi connectivity index (χ0v) is 17.8. The number of amides is 1. The summed E-state index contributed by atoms with van der Waals surface area (Å²) in [4.78, 5) is 32.1. The minimum absolute atomic E-state index is 0.103. The smallest absolute Gasteiger partial charge is 0.271 e. The van der Waals surface area contributed by atoms with E-state index in [1.807, 2.05) is 22.8 Å². The zero-order valence-electron chi connectivity index (χ0n) is 17.8. The molecule has 0 spiro atoms. The second-order valence-electron chi connectivity index (χ2n) is 7.96. The van der Waals surface area contributed by atoms with Crippen molar-refractivity contribution >= 4 is 23.1 Å². The number of likely N-dealkylation sites (N-methyl/N-ethyl adjacent to an activating group) is 1. The predicted molar refractivity (Wildman–Crippen MR) is 115 cm³/mol. The summed E-state index contributed by atoms with van der Waals surface area (Å²) < 4.78 is 12.8. The van der Waals surface area contributed by atoms with Gasteiger partial charge in [-0.3, -0.25) is 14.5 Å². The summed E-state index contributed by atoms with van der Waals surface area (Å²) >= 11 is 0. The molecule has 2 aliphatic heterocycles. The van der Waals surface area contributed by atoms with Crippen LogP contribution in [0.1, 0.15) is 20.8 Å². The van der Waals surface area contributed by atoms with E-state index in [2.05, 4.69) is 16.8 Å². The van der Waals surface area contributed by atoms with Crippen LogP contribution in [0.25, 0.3) is 10.9 Å². The Labute approximate surface area is 176 Å². The topological polar surface area (TPSA) is 67.2 Å². The fourth-order valence-corrected chi connectivity index (χ4v) is 4.30. The molecule has 1 amide bonds. The third-order valence-electron chi connectivity index (χ3n) is 6.16. The Hall–Kier alpha value is -2.42. The number of carbonyl (C=O) groups is 2. The summed E-state index contributed by atoms with van der Waals surface area (Å²) in [5.41, 5.74) is 1.81. The number of morpholine rings is 1. The highest BCUT2D eigenvalue weighted by Gasteiger charge is 2.28. The van der Waals surface area contributed by atoms with Crippen LogP contribution in [0.3, 0.4) is 0 Å². The average Bonchev–Trinajstić information content (AvgIpc) is 3.11. The Morgan fingerprint density at radius 1 is 1.10 bits per heavy atom. The molecule has 1 aromatic carbocycles. The van der Waals surface area contributed by atoms with Crippen LogP contribution in [0.5, 0.6) is 5.75 Å². The molecule has 2 fully saturated rings. The maximum absolute atomic E-state index is 13.5. The summed E-state index contributed by atoms with van der Waals surface area (Å²) in [5.74, 6) is 0.570. The van der Waals surface area contributed by atoms with Gasteiger partial charge in [-0.2, -0.15) is 0 Å². The lowest BCUT2D eigenvalue weighted by molar-refractivity contribution is 0.0295. The summed E-state index contributed by atoms with van der Waals surface area (Å²) in [6, 6.07) is 5.68. The van der Waals surface area contributed by atoms with Gasteiger partial charge in [-0.1, -0.05) is 0 Å².